The van der Waals surface area contributed by atoms with E-state index in [1.165, 1.54) is 0 Å². The number of nitrogens with zero attached hydrogens (tertiary/aromatic N) is 1. The van der Waals surface area contributed by atoms with E-state index in [4.69, 9.17) is 0 Å². The highest BCUT2D eigenvalue weighted by Crippen LogP contribution is 2.08. The van der Waals surface area contributed by atoms with Gasteiger partial charge in [0.05, 0.1) is 0 Å². The standard InChI is InChI=1S/C8H15NO3S/c1-2-13(11,12)7-8(10)9-5-3-4-6-9/h2-7H2,1H3. The molecule has 1 saturated heterocycles. The van der Waals surface area contributed by atoms with Gasteiger partial charge in [0.25, 0.3) is 0 Å². The van der Waals surface area contributed by atoms with Crippen LogP contribution in [0.4, 0.5) is 0 Å². The average molecular weight is 205 g/mol. The summed E-state index contributed by atoms with van der Waals surface area (Å²) in [6, 6.07) is 0. The van der Waals surface area contributed by atoms with Crippen molar-refractivity contribution in [1.82, 2.24) is 4.90 Å². The minimum absolute atomic E-state index is 0.0482. The van der Waals surface area contributed by atoms with Crippen LogP contribution in [0.15, 0.2) is 0 Å². The molecular formula is C8H15NO3S. The second kappa shape index (κ2) is 4.09. The molecule has 0 aliphatic carbocycles. The number of amides is 1. The molecule has 13 heavy (non-hydrogen) atoms. The van der Waals surface area contributed by atoms with Gasteiger partial charge in [0.1, 0.15) is 5.75 Å². The molecule has 76 valence electrons. The normalized spacial score (nSPS) is 17.8. The highest BCUT2D eigenvalue weighted by Gasteiger charge is 2.22. The number of hydrogen-bond acceptors (Lipinski definition) is 3. The monoisotopic (exact) mass is 205 g/mol. The number of hydrogen-bond donors (Lipinski definition) is 0. The third-order valence-electron chi connectivity index (χ3n) is 2.24. The Bertz CT molecular complexity index is 278. The molecule has 0 spiro atoms. The third-order valence-corrected chi connectivity index (χ3v) is 3.81. The van der Waals surface area contributed by atoms with E-state index in [0.717, 1.165) is 25.9 Å². The predicted octanol–water partition coefficient (Wildman–Crippen LogP) is 0.0435. The summed E-state index contributed by atoms with van der Waals surface area (Å²) in [5.74, 6) is -0.504. The van der Waals surface area contributed by atoms with Gasteiger partial charge in [-0.05, 0) is 12.8 Å². The minimum atomic E-state index is -3.15. The van der Waals surface area contributed by atoms with Crippen molar-refractivity contribution in [1.29, 1.82) is 0 Å². The van der Waals surface area contributed by atoms with E-state index < -0.39 is 9.84 Å². The van der Waals surface area contributed by atoms with Gasteiger partial charge in [-0.2, -0.15) is 0 Å². The fraction of sp³-hybridized carbons (Fsp3) is 0.875. The number of carbonyl (C=O) groups is 1. The molecule has 0 aromatic carbocycles. The number of sulfone groups is 1. The highest BCUT2D eigenvalue weighted by atomic mass is 32.2. The molecule has 5 heteroatoms. The predicted molar refractivity (Wildman–Crippen MR) is 50.1 cm³/mol. The summed E-state index contributed by atoms with van der Waals surface area (Å²) in [4.78, 5) is 13.0. The fourth-order valence-corrected chi connectivity index (χ4v) is 2.11. The lowest BCUT2D eigenvalue weighted by molar-refractivity contribution is -0.127. The molecule has 0 unspecified atom stereocenters. The maximum Gasteiger partial charge on any atom is 0.237 e. The van der Waals surface area contributed by atoms with E-state index in [9.17, 15) is 13.2 Å². The molecule has 0 bridgehead atoms. The van der Waals surface area contributed by atoms with Crippen LogP contribution in [0.3, 0.4) is 0 Å². The Morgan fingerprint density at radius 3 is 2.31 bits per heavy atom. The van der Waals surface area contributed by atoms with Crippen LogP contribution in [0.1, 0.15) is 19.8 Å². The van der Waals surface area contributed by atoms with E-state index >= 15 is 0 Å². The first-order valence-electron chi connectivity index (χ1n) is 4.53. The summed E-state index contributed by atoms with van der Waals surface area (Å²) in [7, 11) is -3.15. The second-order valence-corrected chi connectivity index (χ2v) is 5.62. The number of likely N-dealkylation sites (tertiary alicyclic amines) is 1. The number of carbonyl (C=O) groups excluding carboxylic acids is 1. The molecule has 1 aliphatic heterocycles. The van der Waals surface area contributed by atoms with Gasteiger partial charge in [-0.25, -0.2) is 8.42 Å². The Morgan fingerprint density at radius 2 is 1.85 bits per heavy atom. The van der Waals surface area contributed by atoms with Gasteiger partial charge >= 0.3 is 0 Å². The maximum atomic E-state index is 11.4. The Kier molecular flexibility index (Phi) is 3.30. The van der Waals surface area contributed by atoms with Crippen LogP contribution in [0.25, 0.3) is 0 Å². The van der Waals surface area contributed by atoms with Gasteiger partial charge < -0.3 is 4.90 Å². The Hall–Kier alpha value is -0.580. The van der Waals surface area contributed by atoms with Crippen LogP contribution in [0.5, 0.6) is 0 Å². The van der Waals surface area contributed by atoms with Crippen molar-refractivity contribution in [3.8, 4) is 0 Å². The van der Waals surface area contributed by atoms with E-state index in [1.807, 2.05) is 0 Å². The Labute approximate surface area is 78.8 Å². The first kappa shape index (κ1) is 10.5. The highest BCUT2D eigenvalue weighted by molar-refractivity contribution is 7.92. The molecule has 0 radical (unpaired) electrons. The van der Waals surface area contributed by atoms with Gasteiger partial charge in [-0.3, -0.25) is 4.79 Å². The molecule has 0 saturated carbocycles. The van der Waals surface area contributed by atoms with Crippen molar-refractivity contribution in [2.45, 2.75) is 19.8 Å². The van der Waals surface area contributed by atoms with E-state index in [-0.39, 0.29) is 17.4 Å². The molecule has 1 amide bonds. The van der Waals surface area contributed by atoms with Crippen molar-refractivity contribution < 1.29 is 13.2 Å². The molecule has 1 fully saturated rings. The van der Waals surface area contributed by atoms with Gasteiger partial charge in [0.15, 0.2) is 9.84 Å². The van der Waals surface area contributed by atoms with Gasteiger partial charge in [0, 0.05) is 18.8 Å². The SMILES string of the molecule is CCS(=O)(=O)CC(=O)N1CCCC1. The molecule has 1 rings (SSSR count). The summed E-state index contributed by atoms with van der Waals surface area (Å²) in [6.45, 7) is 3.00. The molecule has 1 aliphatic rings. The number of rotatable bonds is 3. The molecule has 0 atom stereocenters. The second-order valence-electron chi connectivity index (χ2n) is 3.26. The Morgan fingerprint density at radius 1 is 1.31 bits per heavy atom. The van der Waals surface area contributed by atoms with Crippen LogP contribution in [-0.2, 0) is 14.6 Å². The lowest BCUT2D eigenvalue weighted by Gasteiger charge is -2.14. The van der Waals surface area contributed by atoms with Crippen molar-refractivity contribution in [2.24, 2.45) is 0 Å². The topological polar surface area (TPSA) is 54.5 Å². The van der Waals surface area contributed by atoms with Crippen LogP contribution < -0.4 is 0 Å². The van der Waals surface area contributed by atoms with E-state index in [1.54, 1.807) is 11.8 Å². The largest absolute Gasteiger partial charge is 0.342 e. The van der Waals surface area contributed by atoms with Crippen LogP contribution in [-0.4, -0.2) is 43.8 Å². The fourth-order valence-electron chi connectivity index (χ4n) is 1.35. The van der Waals surface area contributed by atoms with Crippen molar-refractivity contribution >= 4 is 15.7 Å². The molecule has 4 nitrogen and oxygen atoms in total. The molecule has 0 aromatic rings. The smallest absolute Gasteiger partial charge is 0.237 e. The summed E-state index contributed by atoms with van der Waals surface area (Å²) in [5, 5.41) is 0. The molecule has 1 heterocycles. The first-order chi connectivity index (χ1) is 6.05. The zero-order valence-corrected chi connectivity index (χ0v) is 8.64. The lowest BCUT2D eigenvalue weighted by atomic mass is 10.4. The first-order valence-corrected chi connectivity index (χ1v) is 6.35. The van der Waals surface area contributed by atoms with E-state index in [2.05, 4.69) is 0 Å². The third kappa shape index (κ3) is 2.99. The van der Waals surface area contributed by atoms with Gasteiger partial charge in [-0.1, -0.05) is 6.92 Å². The van der Waals surface area contributed by atoms with Crippen molar-refractivity contribution in [3.63, 3.8) is 0 Å². The van der Waals surface area contributed by atoms with Crippen LogP contribution in [0.2, 0.25) is 0 Å². The molecular weight excluding hydrogens is 190 g/mol. The van der Waals surface area contributed by atoms with Gasteiger partial charge in [-0.15, -0.1) is 0 Å². The van der Waals surface area contributed by atoms with Crippen LogP contribution >= 0.6 is 0 Å². The summed E-state index contributed by atoms with van der Waals surface area (Å²) in [5.41, 5.74) is 0. The zero-order valence-electron chi connectivity index (χ0n) is 7.82. The van der Waals surface area contributed by atoms with Crippen LogP contribution in [0, 0.1) is 0 Å². The average Bonchev–Trinajstić information content (AvgIpc) is 2.55. The summed E-state index contributed by atoms with van der Waals surface area (Å²) >= 11 is 0. The summed E-state index contributed by atoms with van der Waals surface area (Å²) in [6.07, 6.45) is 2.00. The van der Waals surface area contributed by atoms with Gasteiger partial charge in [0.2, 0.25) is 5.91 Å². The Balaban J connectivity index is 2.49. The van der Waals surface area contributed by atoms with Crippen molar-refractivity contribution in [2.75, 3.05) is 24.6 Å². The molecule has 0 N–H and O–H groups in total. The maximum absolute atomic E-state index is 11.4. The quantitative estimate of drug-likeness (QED) is 0.654. The molecule has 0 aromatic heterocycles. The lowest BCUT2D eigenvalue weighted by Crippen LogP contribution is -2.33. The van der Waals surface area contributed by atoms with E-state index in [0.29, 0.717) is 0 Å². The zero-order chi connectivity index (χ0) is 9.90. The summed E-state index contributed by atoms with van der Waals surface area (Å²) < 4.78 is 22.2. The van der Waals surface area contributed by atoms with Crippen molar-refractivity contribution in [3.05, 3.63) is 0 Å². The minimum Gasteiger partial charge on any atom is -0.342 e.